The van der Waals surface area contributed by atoms with E-state index in [1.165, 1.54) is 11.1 Å². The summed E-state index contributed by atoms with van der Waals surface area (Å²) in [6.45, 7) is 5.91. The summed E-state index contributed by atoms with van der Waals surface area (Å²) >= 11 is 0. The zero-order valence-electron chi connectivity index (χ0n) is 10.1. The summed E-state index contributed by atoms with van der Waals surface area (Å²) < 4.78 is 0. The van der Waals surface area contributed by atoms with Crippen molar-refractivity contribution in [3.8, 4) is 0 Å². The molecule has 0 fully saturated rings. The van der Waals surface area contributed by atoms with E-state index in [1.54, 1.807) is 0 Å². The first-order chi connectivity index (χ1) is 7.83. The Bertz CT molecular complexity index is 320. The molecular formula is C14H22N2. The van der Waals surface area contributed by atoms with Crippen molar-refractivity contribution >= 4 is 0 Å². The van der Waals surface area contributed by atoms with Gasteiger partial charge < -0.3 is 0 Å². The van der Waals surface area contributed by atoms with E-state index in [1.807, 2.05) is 6.08 Å². The van der Waals surface area contributed by atoms with Gasteiger partial charge in [0.2, 0.25) is 0 Å². The Labute approximate surface area is 98.5 Å². The van der Waals surface area contributed by atoms with Crippen LogP contribution in [-0.2, 0) is 6.42 Å². The molecule has 0 aliphatic carbocycles. The number of allylic oxidation sites excluding steroid dienone is 1. The lowest BCUT2D eigenvalue weighted by Gasteiger charge is -2.19. The Kier molecular flexibility index (Phi) is 5.83. The average molecular weight is 218 g/mol. The number of rotatable bonds is 7. The molecule has 0 saturated heterocycles. The van der Waals surface area contributed by atoms with Crippen LogP contribution in [0.4, 0.5) is 0 Å². The number of nitrogens with one attached hydrogen (secondary N) is 1. The molecule has 1 unspecified atom stereocenters. The van der Waals surface area contributed by atoms with Crippen molar-refractivity contribution in [3.05, 3.63) is 48.0 Å². The van der Waals surface area contributed by atoms with Gasteiger partial charge in [0.1, 0.15) is 0 Å². The van der Waals surface area contributed by atoms with E-state index in [-0.39, 0.29) is 6.04 Å². The van der Waals surface area contributed by atoms with Crippen LogP contribution in [-0.4, -0.2) is 0 Å². The summed E-state index contributed by atoms with van der Waals surface area (Å²) in [5.74, 6) is 5.63. The number of benzene rings is 1. The molecule has 0 amide bonds. The van der Waals surface area contributed by atoms with E-state index in [4.69, 9.17) is 5.84 Å². The molecule has 0 aromatic heterocycles. The molecule has 1 rings (SSSR count). The second-order valence-corrected chi connectivity index (χ2v) is 3.99. The molecule has 0 spiro atoms. The summed E-state index contributed by atoms with van der Waals surface area (Å²) in [5.41, 5.74) is 5.63. The van der Waals surface area contributed by atoms with Crippen molar-refractivity contribution in [2.24, 2.45) is 5.84 Å². The first-order valence-electron chi connectivity index (χ1n) is 5.98. The minimum absolute atomic E-state index is 0.260. The molecule has 2 heteroatoms. The molecule has 0 aliphatic heterocycles. The van der Waals surface area contributed by atoms with E-state index in [0.717, 1.165) is 25.7 Å². The molecule has 3 N–H and O–H groups in total. The first-order valence-corrected chi connectivity index (χ1v) is 5.98. The maximum absolute atomic E-state index is 5.63. The maximum atomic E-state index is 5.63. The number of hydrogen-bond donors (Lipinski definition) is 2. The number of aryl methyl sites for hydroxylation is 1. The Morgan fingerprint density at radius 3 is 2.81 bits per heavy atom. The van der Waals surface area contributed by atoms with Gasteiger partial charge in [0.25, 0.3) is 0 Å². The highest BCUT2D eigenvalue weighted by atomic mass is 15.2. The highest BCUT2D eigenvalue weighted by Crippen LogP contribution is 2.22. The monoisotopic (exact) mass is 218 g/mol. The molecule has 0 radical (unpaired) electrons. The zero-order valence-corrected chi connectivity index (χ0v) is 10.1. The molecule has 0 bridgehead atoms. The lowest BCUT2D eigenvalue weighted by Crippen LogP contribution is -2.28. The summed E-state index contributed by atoms with van der Waals surface area (Å²) in [6.07, 6.45) is 6.23. The standard InChI is InChI=1S/C14H22N2/c1-3-5-6-11-14(16-15)13-10-8-7-9-12(13)4-2/h3,7-10,14,16H,1,4-6,11,15H2,2H3. The van der Waals surface area contributed by atoms with Gasteiger partial charge in [-0.25, -0.2) is 0 Å². The van der Waals surface area contributed by atoms with E-state index >= 15 is 0 Å². The fraction of sp³-hybridized carbons (Fsp3) is 0.429. The molecular weight excluding hydrogens is 196 g/mol. The minimum atomic E-state index is 0.260. The highest BCUT2D eigenvalue weighted by molar-refractivity contribution is 5.29. The lowest BCUT2D eigenvalue weighted by atomic mass is 9.95. The van der Waals surface area contributed by atoms with Crippen LogP contribution in [0.15, 0.2) is 36.9 Å². The zero-order chi connectivity index (χ0) is 11.8. The summed E-state index contributed by atoms with van der Waals surface area (Å²) in [5, 5.41) is 0. The molecule has 2 nitrogen and oxygen atoms in total. The molecule has 1 aromatic rings. The van der Waals surface area contributed by atoms with Crippen molar-refractivity contribution in [1.29, 1.82) is 0 Å². The third-order valence-electron chi connectivity index (χ3n) is 2.91. The van der Waals surface area contributed by atoms with Gasteiger partial charge in [-0.15, -0.1) is 6.58 Å². The van der Waals surface area contributed by atoms with E-state index in [9.17, 15) is 0 Å². The number of hydrazine groups is 1. The Hall–Kier alpha value is -1.12. The molecule has 0 heterocycles. The largest absolute Gasteiger partial charge is 0.271 e. The number of unbranched alkanes of at least 4 members (excludes halogenated alkanes) is 1. The van der Waals surface area contributed by atoms with Crippen molar-refractivity contribution < 1.29 is 0 Å². The third-order valence-corrected chi connectivity index (χ3v) is 2.91. The van der Waals surface area contributed by atoms with Crippen LogP contribution in [0.1, 0.15) is 43.4 Å². The van der Waals surface area contributed by atoms with Crippen LogP contribution in [0, 0.1) is 0 Å². The Morgan fingerprint density at radius 1 is 1.44 bits per heavy atom. The second-order valence-electron chi connectivity index (χ2n) is 3.99. The first kappa shape index (κ1) is 12.9. The normalized spacial score (nSPS) is 12.4. The maximum Gasteiger partial charge on any atom is 0.0462 e. The Morgan fingerprint density at radius 2 is 2.19 bits per heavy atom. The van der Waals surface area contributed by atoms with Gasteiger partial charge in [-0.3, -0.25) is 11.3 Å². The fourth-order valence-electron chi connectivity index (χ4n) is 1.99. The summed E-state index contributed by atoms with van der Waals surface area (Å²) in [6, 6.07) is 8.76. The van der Waals surface area contributed by atoms with Gasteiger partial charge in [-0.1, -0.05) is 37.3 Å². The molecule has 1 aromatic carbocycles. The van der Waals surface area contributed by atoms with Gasteiger partial charge in [0.15, 0.2) is 0 Å². The highest BCUT2D eigenvalue weighted by Gasteiger charge is 2.11. The van der Waals surface area contributed by atoms with Crippen LogP contribution in [0.5, 0.6) is 0 Å². The molecule has 0 saturated carbocycles. The predicted molar refractivity (Wildman–Crippen MR) is 69.9 cm³/mol. The van der Waals surface area contributed by atoms with E-state index in [2.05, 4.69) is 43.2 Å². The van der Waals surface area contributed by atoms with Crippen LogP contribution in [0.3, 0.4) is 0 Å². The Balaban J connectivity index is 2.73. The van der Waals surface area contributed by atoms with Gasteiger partial charge in [0, 0.05) is 6.04 Å². The number of nitrogens with two attached hydrogens (primary N) is 1. The number of hydrogen-bond acceptors (Lipinski definition) is 2. The van der Waals surface area contributed by atoms with Crippen molar-refractivity contribution in [2.45, 2.75) is 38.6 Å². The SMILES string of the molecule is C=CCCCC(NN)c1ccccc1CC. The van der Waals surface area contributed by atoms with Crippen LogP contribution in [0.2, 0.25) is 0 Å². The fourth-order valence-corrected chi connectivity index (χ4v) is 1.99. The average Bonchev–Trinajstić information content (AvgIpc) is 2.35. The predicted octanol–water partition coefficient (Wildman–Crippen LogP) is 3.11. The molecule has 1 atom stereocenters. The molecule has 88 valence electrons. The molecule has 0 aliphatic rings. The summed E-state index contributed by atoms with van der Waals surface area (Å²) in [7, 11) is 0. The van der Waals surface area contributed by atoms with Gasteiger partial charge >= 0.3 is 0 Å². The van der Waals surface area contributed by atoms with Crippen LogP contribution < -0.4 is 11.3 Å². The molecule has 16 heavy (non-hydrogen) atoms. The minimum Gasteiger partial charge on any atom is -0.271 e. The summed E-state index contributed by atoms with van der Waals surface area (Å²) in [4.78, 5) is 0. The van der Waals surface area contributed by atoms with Crippen molar-refractivity contribution in [3.63, 3.8) is 0 Å². The van der Waals surface area contributed by atoms with Crippen LogP contribution in [0.25, 0.3) is 0 Å². The topological polar surface area (TPSA) is 38.0 Å². The van der Waals surface area contributed by atoms with E-state index in [0.29, 0.717) is 0 Å². The van der Waals surface area contributed by atoms with Crippen molar-refractivity contribution in [1.82, 2.24) is 5.43 Å². The van der Waals surface area contributed by atoms with Gasteiger partial charge in [-0.05, 0) is 36.8 Å². The quantitative estimate of drug-likeness (QED) is 0.319. The van der Waals surface area contributed by atoms with Gasteiger partial charge in [0.05, 0.1) is 0 Å². The van der Waals surface area contributed by atoms with Crippen molar-refractivity contribution in [2.75, 3.05) is 0 Å². The van der Waals surface area contributed by atoms with Crippen LogP contribution >= 0.6 is 0 Å². The van der Waals surface area contributed by atoms with E-state index < -0.39 is 0 Å². The second kappa shape index (κ2) is 7.20. The van der Waals surface area contributed by atoms with Gasteiger partial charge in [-0.2, -0.15) is 0 Å². The smallest absolute Gasteiger partial charge is 0.0462 e. The third kappa shape index (κ3) is 3.47. The lowest BCUT2D eigenvalue weighted by molar-refractivity contribution is 0.498.